The first-order valence-electron chi connectivity index (χ1n) is 6.06. The Hall–Kier alpha value is -1.97. The zero-order chi connectivity index (χ0) is 15.4. The van der Waals surface area contributed by atoms with Crippen LogP contribution in [0.15, 0.2) is 42.5 Å². The average molecular weight is 323 g/mol. The Kier molecular flexibility index (Phi) is 4.89. The molecule has 0 aromatic heterocycles. The molecule has 108 valence electrons. The van der Waals surface area contributed by atoms with E-state index in [0.717, 1.165) is 0 Å². The lowest BCUT2D eigenvalue weighted by Crippen LogP contribution is -2.00. The minimum absolute atomic E-state index is 0.0869. The van der Waals surface area contributed by atoms with E-state index >= 15 is 0 Å². The fourth-order valence-electron chi connectivity index (χ4n) is 1.85. The third kappa shape index (κ3) is 3.57. The van der Waals surface area contributed by atoms with Gasteiger partial charge in [0.05, 0.1) is 12.7 Å². The van der Waals surface area contributed by atoms with Crippen molar-refractivity contribution in [3.8, 4) is 5.75 Å². The van der Waals surface area contributed by atoms with E-state index < -0.39 is 5.97 Å². The first kappa shape index (κ1) is 15.4. The van der Waals surface area contributed by atoms with Gasteiger partial charge in [0.2, 0.25) is 0 Å². The van der Waals surface area contributed by atoms with Crippen LogP contribution >= 0.6 is 23.2 Å². The number of carbonyl (C=O) groups is 1. The molecule has 0 spiro atoms. The number of hydrogen-bond donors (Lipinski definition) is 1. The Balaban J connectivity index is 2.58. The van der Waals surface area contributed by atoms with E-state index in [2.05, 4.69) is 0 Å². The van der Waals surface area contributed by atoms with Crippen molar-refractivity contribution in [3.63, 3.8) is 0 Å². The normalized spacial score (nSPS) is 11.3. The summed E-state index contributed by atoms with van der Waals surface area (Å²) in [5.74, 6) is -0.496. The van der Waals surface area contributed by atoms with Gasteiger partial charge in [0.25, 0.3) is 0 Å². The van der Waals surface area contributed by atoms with Crippen molar-refractivity contribution >= 4 is 40.8 Å². The molecule has 0 aliphatic carbocycles. The molecule has 0 saturated heterocycles. The molecule has 2 rings (SSSR count). The molecule has 21 heavy (non-hydrogen) atoms. The molecule has 3 nitrogen and oxygen atoms in total. The molecule has 0 saturated carbocycles. The highest BCUT2D eigenvalue weighted by Crippen LogP contribution is 2.30. The van der Waals surface area contributed by atoms with Crippen LogP contribution in [0.1, 0.15) is 11.1 Å². The van der Waals surface area contributed by atoms with Crippen LogP contribution in [-0.2, 0) is 4.79 Å². The van der Waals surface area contributed by atoms with Crippen molar-refractivity contribution < 1.29 is 14.6 Å². The van der Waals surface area contributed by atoms with Crippen molar-refractivity contribution in [1.29, 1.82) is 0 Å². The topological polar surface area (TPSA) is 46.5 Å². The Morgan fingerprint density at radius 1 is 1.14 bits per heavy atom. The van der Waals surface area contributed by atoms with Gasteiger partial charge in [-0.05, 0) is 35.9 Å². The van der Waals surface area contributed by atoms with Crippen molar-refractivity contribution in [2.75, 3.05) is 7.11 Å². The second-order valence-electron chi connectivity index (χ2n) is 4.23. The standard InChI is InChI=1S/C16H12Cl2O3/c1-21-11-5-2-4-10(8-11)12(16(19)20)9-13-14(17)6-3-7-15(13)18/h2-9H,1H3,(H,19,20)/b12-9-. The van der Waals surface area contributed by atoms with E-state index in [9.17, 15) is 9.90 Å². The van der Waals surface area contributed by atoms with Crippen LogP contribution in [0.25, 0.3) is 11.6 Å². The summed E-state index contributed by atoms with van der Waals surface area (Å²) in [5.41, 5.74) is 1.07. The Bertz CT molecular complexity index is 688. The Labute approximate surface area is 132 Å². The fraction of sp³-hybridized carbons (Fsp3) is 0.0625. The van der Waals surface area contributed by atoms with Gasteiger partial charge in [-0.1, -0.05) is 41.4 Å². The van der Waals surface area contributed by atoms with Crippen LogP contribution in [0.3, 0.4) is 0 Å². The van der Waals surface area contributed by atoms with E-state index in [0.29, 0.717) is 26.9 Å². The number of methoxy groups -OCH3 is 1. The molecule has 0 atom stereocenters. The Morgan fingerprint density at radius 2 is 1.76 bits per heavy atom. The lowest BCUT2D eigenvalue weighted by Gasteiger charge is -2.07. The molecule has 0 unspecified atom stereocenters. The van der Waals surface area contributed by atoms with Gasteiger partial charge in [0.1, 0.15) is 5.75 Å². The van der Waals surface area contributed by atoms with Gasteiger partial charge >= 0.3 is 5.97 Å². The highest BCUT2D eigenvalue weighted by molar-refractivity contribution is 6.38. The SMILES string of the molecule is COc1cccc(/C(=C/c2c(Cl)cccc2Cl)C(=O)O)c1. The predicted molar refractivity (Wildman–Crippen MR) is 85.0 cm³/mol. The van der Waals surface area contributed by atoms with Crippen molar-refractivity contribution in [3.05, 3.63) is 63.6 Å². The summed E-state index contributed by atoms with van der Waals surface area (Å²) in [6.45, 7) is 0. The maximum absolute atomic E-state index is 11.5. The van der Waals surface area contributed by atoms with Gasteiger partial charge in [-0.3, -0.25) is 0 Å². The smallest absolute Gasteiger partial charge is 0.336 e. The zero-order valence-corrected chi connectivity index (χ0v) is 12.7. The lowest BCUT2D eigenvalue weighted by atomic mass is 10.0. The second kappa shape index (κ2) is 6.66. The molecule has 0 amide bonds. The summed E-state index contributed by atoms with van der Waals surface area (Å²) in [5, 5.41) is 10.2. The van der Waals surface area contributed by atoms with E-state index in [1.807, 2.05) is 0 Å². The number of carboxylic acid groups (broad SMARTS) is 1. The average Bonchev–Trinajstić information content (AvgIpc) is 2.46. The van der Waals surface area contributed by atoms with Crippen LogP contribution in [0.5, 0.6) is 5.75 Å². The molecule has 0 aliphatic rings. The molecule has 0 heterocycles. The number of carboxylic acids is 1. The number of ether oxygens (including phenoxy) is 1. The second-order valence-corrected chi connectivity index (χ2v) is 5.04. The van der Waals surface area contributed by atoms with Crippen LogP contribution in [0.2, 0.25) is 10.0 Å². The summed E-state index contributed by atoms with van der Waals surface area (Å²) in [4.78, 5) is 11.5. The van der Waals surface area contributed by atoms with Gasteiger partial charge in [-0.25, -0.2) is 4.79 Å². The van der Waals surface area contributed by atoms with E-state index in [1.165, 1.54) is 13.2 Å². The molecular formula is C16H12Cl2O3. The van der Waals surface area contributed by atoms with E-state index in [4.69, 9.17) is 27.9 Å². The molecule has 5 heteroatoms. The number of rotatable bonds is 4. The summed E-state index contributed by atoms with van der Waals surface area (Å²) in [6, 6.07) is 11.8. The van der Waals surface area contributed by atoms with E-state index in [1.54, 1.807) is 42.5 Å². The van der Waals surface area contributed by atoms with Crippen molar-refractivity contribution in [2.45, 2.75) is 0 Å². The fourth-order valence-corrected chi connectivity index (χ4v) is 2.36. The summed E-state index contributed by atoms with van der Waals surface area (Å²) < 4.78 is 5.11. The van der Waals surface area contributed by atoms with Gasteiger partial charge in [0, 0.05) is 15.6 Å². The maximum atomic E-state index is 11.5. The number of hydrogen-bond acceptors (Lipinski definition) is 2. The maximum Gasteiger partial charge on any atom is 0.336 e. The molecule has 0 fully saturated rings. The highest BCUT2D eigenvalue weighted by Gasteiger charge is 2.13. The largest absolute Gasteiger partial charge is 0.497 e. The number of aliphatic carboxylic acids is 1. The summed E-state index contributed by atoms with van der Waals surface area (Å²) in [6.07, 6.45) is 1.46. The van der Waals surface area contributed by atoms with Crippen LogP contribution in [0, 0.1) is 0 Å². The zero-order valence-electron chi connectivity index (χ0n) is 11.1. The Morgan fingerprint density at radius 3 is 2.33 bits per heavy atom. The summed E-state index contributed by atoms with van der Waals surface area (Å²) in [7, 11) is 1.52. The number of benzene rings is 2. The molecule has 0 bridgehead atoms. The van der Waals surface area contributed by atoms with E-state index in [-0.39, 0.29) is 5.57 Å². The molecule has 1 N–H and O–H groups in total. The molecule has 2 aromatic carbocycles. The minimum Gasteiger partial charge on any atom is -0.497 e. The van der Waals surface area contributed by atoms with Gasteiger partial charge in [-0.2, -0.15) is 0 Å². The molecule has 2 aromatic rings. The van der Waals surface area contributed by atoms with Crippen molar-refractivity contribution in [1.82, 2.24) is 0 Å². The third-order valence-corrected chi connectivity index (χ3v) is 3.56. The van der Waals surface area contributed by atoms with Gasteiger partial charge < -0.3 is 9.84 Å². The van der Waals surface area contributed by atoms with Gasteiger partial charge in [-0.15, -0.1) is 0 Å². The first-order chi connectivity index (χ1) is 10.0. The quantitative estimate of drug-likeness (QED) is 0.659. The molecule has 0 radical (unpaired) electrons. The minimum atomic E-state index is -1.07. The van der Waals surface area contributed by atoms with Crippen LogP contribution < -0.4 is 4.74 Å². The first-order valence-corrected chi connectivity index (χ1v) is 6.82. The molecule has 0 aliphatic heterocycles. The highest BCUT2D eigenvalue weighted by atomic mass is 35.5. The summed E-state index contributed by atoms with van der Waals surface area (Å²) >= 11 is 12.2. The van der Waals surface area contributed by atoms with Crippen LogP contribution in [-0.4, -0.2) is 18.2 Å². The molecular weight excluding hydrogens is 311 g/mol. The lowest BCUT2D eigenvalue weighted by molar-refractivity contribution is -0.130. The van der Waals surface area contributed by atoms with Crippen LogP contribution in [0.4, 0.5) is 0 Å². The number of halogens is 2. The van der Waals surface area contributed by atoms with Gasteiger partial charge in [0.15, 0.2) is 0 Å². The van der Waals surface area contributed by atoms with Crippen molar-refractivity contribution in [2.24, 2.45) is 0 Å². The monoisotopic (exact) mass is 322 g/mol. The third-order valence-electron chi connectivity index (χ3n) is 2.90. The predicted octanol–water partition coefficient (Wildman–Crippen LogP) is 4.63.